The summed E-state index contributed by atoms with van der Waals surface area (Å²) in [6, 6.07) is 8.72. The first-order valence-electron chi connectivity index (χ1n) is 4.96. The fourth-order valence-corrected chi connectivity index (χ4v) is 2.04. The second-order valence-corrected chi connectivity index (χ2v) is 4.70. The fourth-order valence-electron chi connectivity index (χ4n) is 1.53. The Hall–Kier alpha value is -0.970. The summed E-state index contributed by atoms with van der Waals surface area (Å²) in [4.78, 5) is 0. The van der Waals surface area contributed by atoms with Crippen molar-refractivity contribution in [1.29, 1.82) is 0 Å². The number of furan rings is 1. The van der Waals surface area contributed by atoms with Gasteiger partial charge in [0.25, 0.3) is 0 Å². The molecular formula is C12H11BrClNO2. The fraction of sp³-hybridized carbons (Fsp3) is 0.167. The predicted octanol–water partition coefficient (Wildman–Crippen LogP) is 3.75. The summed E-state index contributed by atoms with van der Waals surface area (Å²) in [5, 5.41) is 0.559. The van der Waals surface area contributed by atoms with E-state index in [4.69, 9.17) is 26.5 Å². The second kappa shape index (κ2) is 5.12. The van der Waals surface area contributed by atoms with Gasteiger partial charge in [-0.25, -0.2) is 0 Å². The van der Waals surface area contributed by atoms with E-state index in [1.165, 1.54) is 0 Å². The molecule has 2 N–H and O–H groups in total. The van der Waals surface area contributed by atoms with Crippen LogP contribution < -0.4 is 10.5 Å². The van der Waals surface area contributed by atoms with Gasteiger partial charge in [0.05, 0.1) is 18.2 Å². The van der Waals surface area contributed by atoms with Crippen molar-refractivity contribution in [3.63, 3.8) is 0 Å². The maximum atomic E-state index is 6.09. The van der Waals surface area contributed by atoms with Crippen LogP contribution in [0.5, 0.6) is 5.75 Å². The summed E-state index contributed by atoms with van der Waals surface area (Å²) in [6.07, 6.45) is 0. The Labute approximate surface area is 113 Å². The lowest BCUT2D eigenvalue weighted by Crippen LogP contribution is -2.10. The zero-order chi connectivity index (χ0) is 12.4. The number of halogens is 2. The summed E-state index contributed by atoms with van der Waals surface area (Å²) in [5.41, 5.74) is 6.97. The van der Waals surface area contributed by atoms with Crippen molar-refractivity contribution in [2.75, 3.05) is 7.11 Å². The van der Waals surface area contributed by atoms with Gasteiger partial charge in [-0.1, -0.05) is 17.7 Å². The van der Waals surface area contributed by atoms with E-state index in [1.807, 2.05) is 24.3 Å². The number of hydrogen-bond acceptors (Lipinski definition) is 3. The average molecular weight is 317 g/mol. The third-order valence-electron chi connectivity index (χ3n) is 2.43. The molecule has 1 unspecified atom stereocenters. The average Bonchev–Trinajstić information content (AvgIpc) is 2.75. The number of methoxy groups -OCH3 is 1. The molecule has 0 spiro atoms. The Morgan fingerprint density at radius 1 is 1.35 bits per heavy atom. The van der Waals surface area contributed by atoms with Gasteiger partial charge in [0, 0.05) is 0 Å². The van der Waals surface area contributed by atoms with Crippen molar-refractivity contribution in [1.82, 2.24) is 0 Å². The first kappa shape index (κ1) is 12.5. The summed E-state index contributed by atoms with van der Waals surface area (Å²) in [5.74, 6) is 1.28. The summed E-state index contributed by atoms with van der Waals surface area (Å²) in [6.45, 7) is 0. The van der Waals surface area contributed by atoms with Gasteiger partial charge in [-0.05, 0) is 45.8 Å². The molecule has 3 nitrogen and oxygen atoms in total. The monoisotopic (exact) mass is 315 g/mol. The van der Waals surface area contributed by atoms with Crippen LogP contribution >= 0.6 is 27.5 Å². The van der Waals surface area contributed by atoms with Gasteiger partial charge < -0.3 is 14.9 Å². The largest absolute Gasteiger partial charge is 0.495 e. The van der Waals surface area contributed by atoms with Crippen LogP contribution in [0.25, 0.3) is 0 Å². The highest BCUT2D eigenvalue weighted by Crippen LogP contribution is 2.30. The Morgan fingerprint density at radius 3 is 2.71 bits per heavy atom. The zero-order valence-electron chi connectivity index (χ0n) is 9.11. The Balaban J connectivity index is 2.34. The molecule has 1 atom stereocenters. The van der Waals surface area contributed by atoms with Crippen LogP contribution in [0.3, 0.4) is 0 Å². The van der Waals surface area contributed by atoms with Gasteiger partial charge in [0.2, 0.25) is 0 Å². The number of rotatable bonds is 3. The van der Waals surface area contributed by atoms with Crippen LogP contribution in [0.2, 0.25) is 5.02 Å². The van der Waals surface area contributed by atoms with E-state index in [-0.39, 0.29) is 6.04 Å². The van der Waals surface area contributed by atoms with Gasteiger partial charge in [-0.15, -0.1) is 0 Å². The number of ether oxygens (including phenoxy) is 1. The number of benzene rings is 1. The van der Waals surface area contributed by atoms with Gasteiger partial charge in [0.15, 0.2) is 4.67 Å². The molecule has 0 saturated heterocycles. The molecule has 17 heavy (non-hydrogen) atoms. The minimum atomic E-state index is -0.340. The van der Waals surface area contributed by atoms with Crippen LogP contribution in [-0.2, 0) is 0 Å². The van der Waals surface area contributed by atoms with E-state index in [1.54, 1.807) is 13.2 Å². The lowest BCUT2D eigenvalue weighted by Gasteiger charge is -2.11. The second-order valence-electron chi connectivity index (χ2n) is 3.51. The van der Waals surface area contributed by atoms with Gasteiger partial charge in [-0.3, -0.25) is 0 Å². The van der Waals surface area contributed by atoms with E-state index in [9.17, 15) is 0 Å². The van der Waals surface area contributed by atoms with Crippen molar-refractivity contribution in [2.24, 2.45) is 5.73 Å². The minimum Gasteiger partial charge on any atom is -0.495 e. The molecule has 1 aromatic heterocycles. The molecule has 1 heterocycles. The summed E-state index contributed by atoms with van der Waals surface area (Å²) in [7, 11) is 1.57. The molecule has 0 saturated carbocycles. The van der Waals surface area contributed by atoms with Crippen LogP contribution in [0.4, 0.5) is 0 Å². The van der Waals surface area contributed by atoms with E-state index >= 15 is 0 Å². The Bertz CT molecular complexity index is 527. The van der Waals surface area contributed by atoms with E-state index in [0.29, 0.717) is 21.2 Å². The lowest BCUT2D eigenvalue weighted by atomic mass is 10.1. The molecule has 0 aliphatic heterocycles. The summed E-state index contributed by atoms with van der Waals surface area (Å²) >= 11 is 9.20. The predicted molar refractivity (Wildman–Crippen MR) is 70.4 cm³/mol. The lowest BCUT2D eigenvalue weighted by molar-refractivity contribution is 0.413. The molecule has 0 aliphatic rings. The molecule has 1 aromatic carbocycles. The highest BCUT2D eigenvalue weighted by molar-refractivity contribution is 9.10. The molecular weight excluding hydrogens is 305 g/mol. The van der Waals surface area contributed by atoms with Gasteiger partial charge in [-0.2, -0.15) is 0 Å². The van der Waals surface area contributed by atoms with Crippen molar-refractivity contribution >= 4 is 27.5 Å². The van der Waals surface area contributed by atoms with Crippen LogP contribution in [0.15, 0.2) is 39.4 Å². The Kier molecular flexibility index (Phi) is 3.76. The van der Waals surface area contributed by atoms with E-state index in [0.717, 1.165) is 5.56 Å². The topological polar surface area (TPSA) is 48.4 Å². The van der Waals surface area contributed by atoms with Gasteiger partial charge >= 0.3 is 0 Å². The summed E-state index contributed by atoms with van der Waals surface area (Å²) < 4.78 is 11.2. The van der Waals surface area contributed by atoms with E-state index < -0.39 is 0 Å². The SMILES string of the molecule is COc1cc(C(N)c2ccc(Br)o2)ccc1Cl. The third kappa shape index (κ3) is 2.65. The number of hydrogen-bond donors (Lipinski definition) is 1. The molecule has 2 rings (SSSR count). The molecule has 0 bridgehead atoms. The zero-order valence-corrected chi connectivity index (χ0v) is 11.5. The standard InChI is InChI=1S/C12H11BrClNO2/c1-16-10-6-7(2-3-8(10)14)12(15)9-4-5-11(13)17-9/h2-6,12H,15H2,1H3. The first-order chi connectivity index (χ1) is 8.11. The van der Waals surface area contributed by atoms with Crippen molar-refractivity contribution < 1.29 is 9.15 Å². The van der Waals surface area contributed by atoms with Gasteiger partial charge in [0.1, 0.15) is 11.5 Å². The third-order valence-corrected chi connectivity index (χ3v) is 3.17. The molecule has 0 fully saturated rings. The molecule has 0 radical (unpaired) electrons. The highest BCUT2D eigenvalue weighted by atomic mass is 79.9. The maximum absolute atomic E-state index is 6.09. The highest BCUT2D eigenvalue weighted by Gasteiger charge is 2.14. The van der Waals surface area contributed by atoms with E-state index in [2.05, 4.69) is 15.9 Å². The van der Waals surface area contributed by atoms with Crippen molar-refractivity contribution in [3.05, 3.63) is 51.3 Å². The van der Waals surface area contributed by atoms with Crippen LogP contribution in [-0.4, -0.2) is 7.11 Å². The number of nitrogens with two attached hydrogens (primary N) is 1. The normalized spacial score (nSPS) is 12.5. The molecule has 2 aromatic rings. The molecule has 0 aliphatic carbocycles. The van der Waals surface area contributed by atoms with Crippen molar-refractivity contribution in [3.8, 4) is 5.75 Å². The minimum absolute atomic E-state index is 0.340. The van der Waals surface area contributed by atoms with Crippen LogP contribution in [0.1, 0.15) is 17.4 Å². The molecule has 0 amide bonds. The maximum Gasteiger partial charge on any atom is 0.169 e. The van der Waals surface area contributed by atoms with Crippen LogP contribution in [0, 0.1) is 0 Å². The smallest absolute Gasteiger partial charge is 0.169 e. The quantitative estimate of drug-likeness (QED) is 0.938. The van der Waals surface area contributed by atoms with Crippen molar-refractivity contribution in [2.45, 2.75) is 6.04 Å². The Morgan fingerprint density at radius 2 is 2.12 bits per heavy atom. The molecule has 5 heteroatoms. The first-order valence-corrected chi connectivity index (χ1v) is 6.13. The molecule has 90 valence electrons.